The van der Waals surface area contributed by atoms with Crippen molar-refractivity contribution in [3.8, 4) is 0 Å². The average molecular weight is 209 g/mol. The lowest BCUT2D eigenvalue weighted by Crippen LogP contribution is -2.22. The van der Waals surface area contributed by atoms with Gasteiger partial charge < -0.3 is 10.1 Å². The van der Waals surface area contributed by atoms with Crippen LogP contribution in [0.25, 0.3) is 0 Å². The fourth-order valence-corrected chi connectivity index (χ4v) is 1.43. The smallest absolute Gasteiger partial charge is 0.311 e. The standard InChI is InChI=1S/C10H11NO4/c1-5-3-6(2)11-10(15)9(5)7(12)4-8(13)14/h3H,4H2,1-2H3,(H,11,15)(H,13,14). The van der Waals surface area contributed by atoms with Crippen molar-refractivity contribution in [3.05, 3.63) is 33.2 Å². The summed E-state index contributed by atoms with van der Waals surface area (Å²) in [5.41, 5.74) is 0.550. The Kier molecular flexibility index (Phi) is 3.04. The van der Waals surface area contributed by atoms with Gasteiger partial charge in [0, 0.05) is 5.69 Å². The van der Waals surface area contributed by atoms with Crippen LogP contribution < -0.4 is 5.56 Å². The highest BCUT2D eigenvalue weighted by molar-refractivity contribution is 6.06. The minimum Gasteiger partial charge on any atom is -0.481 e. The van der Waals surface area contributed by atoms with E-state index >= 15 is 0 Å². The minimum absolute atomic E-state index is 0.0667. The summed E-state index contributed by atoms with van der Waals surface area (Å²) in [4.78, 5) is 35.6. The largest absolute Gasteiger partial charge is 0.481 e. The van der Waals surface area contributed by atoms with E-state index in [0.717, 1.165) is 0 Å². The van der Waals surface area contributed by atoms with E-state index in [1.807, 2.05) is 0 Å². The van der Waals surface area contributed by atoms with Gasteiger partial charge in [0.2, 0.25) is 0 Å². The summed E-state index contributed by atoms with van der Waals surface area (Å²) >= 11 is 0. The Labute approximate surface area is 85.8 Å². The van der Waals surface area contributed by atoms with Crippen molar-refractivity contribution in [2.45, 2.75) is 20.3 Å². The molecule has 2 N–H and O–H groups in total. The number of rotatable bonds is 3. The molecule has 1 rings (SSSR count). The zero-order valence-corrected chi connectivity index (χ0v) is 8.46. The molecule has 0 bridgehead atoms. The van der Waals surface area contributed by atoms with Crippen LogP contribution in [-0.2, 0) is 4.79 Å². The first-order valence-electron chi connectivity index (χ1n) is 4.37. The van der Waals surface area contributed by atoms with Gasteiger partial charge in [-0.05, 0) is 25.5 Å². The number of hydrogen-bond acceptors (Lipinski definition) is 3. The van der Waals surface area contributed by atoms with Crippen LogP contribution in [0.1, 0.15) is 28.0 Å². The van der Waals surface area contributed by atoms with E-state index in [1.54, 1.807) is 19.9 Å². The molecule has 0 fully saturated rings. The van der Waals surface area contributed by atoms with Crippen LogP contribution in [0, 0.1) is 13.8 Å². The van der Waals surface area contributed by atoms with Gasteiger partial charge >= 0.3 is 5.97 Å². The molecule has 0 aliphatic carbocycles. The van der Waals surface area contributed by atoms with Crippen molar-refractivity contribution in [2.75, 3.05) is 0 Å². The van der Waals surface area contributed by atoms with Gasteiger partial charge in [-0.15, -0.1) is 0 Å². The lowest BCUT2D eigenvalue weighted by molar-refractivity contribution is -0.135. The van der Waals surface area contributed by atoms with Crippen LogP contribution in [-0.4, -0.2) is 21.8 Å². The van der Waals surface area contributed by atoms with Crippen LogP contribution >= 0.6 is 0 Å². The number of carboxylic acid groups (broad SMARTS) is 1. The van der Waals surface area contributed by atoms with Gasteiger partial charge in [0.25, 0.3) is 5.56 Å². The van der Waals surface area contributed by atoms with E-state index in [2.05, 4.69) is 4.98 Å². The third-order valence-electron chi connectivity index (χ3n) is 1.96. The molecule has 0 spiro atoms. The summed E-state index contributed by atoms with van der Waals surface area (Å²) in [7, 11) is 0. The number of Topliss-reactive ketones (excluding diaryl/α,β-unsaturated/α-hetero) is 1. The summed E-state index contributed by atoms with van der Waals surface area (Å²) < 4.78 is 0. The van der Waals surface area contributed by atoms with Gasteiger partial charge in [0.05, 0.1) is 5.56 Å². The first kappa shape index (κ1) is 11.2. The molecule has 0 saturated heterocycles. The molecule has 1 aromatic rings. The van der Waals surface area contributed by atoms with Crippen molar-refractivity contribution in [3.63, 3.8) is 0 Å². The van der Waals surface area contributed by atoms with Gasteiger partial charge in [-0.2, -0.15) is 0 Å². The van der Waals surface area contributed by atoms with E-state index in [9.17, 15) is 14.4 Å². The molecule has 0 unspecified atom stereocenters. The van der Waals surface area contributed by atoms with Crippen molar-refractivity contribution in [1.29, 1.82) is 0 Å². The number of pyridine rings is 1. The molecule has 0 atom stereocenters. The Morgan fingerprint density at radius 1 is 1.40 bits per heavy atom. The number of aryl methyl sites for hydroxylation is 2. The van der Waals surface area contributed by atoms with Gasteiger partial charge in [0.1, 0.15) is 6.42 Å². The molecule has 1 heterocycles. The molecule has 0 aromatic carbocycles. The Morgan fingerprint density at radius 2 is 2.00 bits per heavy atom. The van der Waals surface area contributed by atoms with Gasteiger partial charge in [-0.3, -0.25) is 14.4 Å². The number of nitrogens with one attached hydrogen (secondary N) is 1. The molecule has 0 aliphatic rings. The summed E-state index contributed by atoms with van der Waals surface area (Å²) in [5.74, 6) is -1.90. The summed E-state index contributed by atoms with van der Waals surface area (Å²) in [6.07, 6.45) is -0.660. The lowest BCUT2D eigenvalue weighted by atomic mass is 10.0. The summed E-state index contributed by atoms with van der Waals surface area (Å²) in [6.45, 7) is 3.30. The van der Waals surface area contributed by atoms with Gasteiger partial charge in [-0.1, -0.05) is 0 Å². The first-order chi connectivity index (χ1) is 6.91. The number of hydrogen-bond donors (Lipinski definition) is 2. The molecular formula is C10H11NO4. The van der Waals surface area contributed by atoms with E-state index in [-0.39, 0.29) is 5.56 Å². The van der Waals surface area contributed by atoms with Crippen molar-refractivity contribution in [1.82, 2.24) is 4.98 Å². The maximum Gasteiger partial charge on any atom is 0.311 e. The minimum atomic E-state index is -1.24. The highest BCUT2D eigenvalue weighted by Gasteiger charge is 2.16. The number of carboxylic acids is 1. The molecule has 1 aromatic heterocycles. The predicted octanol–water partition coefficient (Wildman–Crippen LogP) is 0.649. The molecule has 0 amide bonds. The zero-order valence-electron chi connectivity index (χ0n) is 8.46. The summed E-state index contributed by atoms with van der Waals surface area (Å²) in [6, 6.07) is 1.64. The third kappa shape index (κ3) is 2.52. The zero-order chi connectivity index (χ0) is 11.6. The van der Waals surface area contributed by atoms with Crippen molar-refractivity contribution >= 4 is 11.8 Å². The van der Waals surface area contributed by atoms with E-state index in [0.29, 0.717) is 11.3 Å². The molecule has 0 saturated carbocycles. The number of carbonyl (C=O) groups is 2. The monoisotopic (exact) mass is 209 g/mol. The Balaban J connectivity index is 3.20. The molecule has 5 heteroatoms. The fourth-order valence-electron chi connectivity index (χ4n) is 1.43. The SMILES string of the molecule is Cc1cc(C)c(C(=O)CC(=O)O)c(=O)[nH]1. The van der Waals surface area contributed by atoms with Gasteiger partial charge in [0.15, 0.2) is 5.78 Å². The normalized spacial score (nSPS) is 10.0. The second-order valence-corrected chi connectivity index (χ2v) is 3.33. The molecular weight excluding hydrogens is 198 g/mol. The van der Waals surface area contributed by atoms with Crippen LogP contribution in [0.5, 0.6) is 0 Å². The highest BCUT2D eigenvalue weighted by atomic mass is 16.4. The Hall–Kier alpha value is -1.91. The number of aromatic amines is 1. The molecule has 5 nitrogen and oxygen atoms in total. The molecule has 0 aliphatic heterocycles. The van der Waals surface area contributed by atoms with Crippen LogP contribution in [0.2, 0.25) is 0 Å². The predicted molar refractivity (Wildman–Crippen MR) is 53.1 cm³/mol. The fraction of sp³-hybridized carbons (Fsp3) is 0.300. The maximum absolute atomic E-state index is 11.4. The van der Waals surface area contributed by atoms with E-state index < -0.39 is 23.7 Å². The van der Waals surface area contributed by atoms with Crippen molar-refractivity contribution < 1.29 is 14.7 Å². The maximum atomic E-state index is 11.4. The van der Waals surface area contributed by atoms with E-state index in [1.165, 1.54) is 0 Å². The number of aliphatic carboxylic acids is 1. The second-order valence-electron chi connectivity index (χ2n) is 3.33. The first-order valence-corrected chi connectivity index (χ1v) is 4.37. The van der Waals surface area contributed by atoms with E-state index in [4.69, 9.17) is 5.11 Å². The van der Waals surface area contributed by atoms with Crippen LogP contribution in [0.4, 0.5) is 0 Å². The number of ketones is 1. The molecule has 0 radical (unpaired) electrons. The number of carbonyl (C=O) groups excluding carboxylic acids is 1. The quantitative estimate of drug-likeness (QED) is 0.565. The molecule has 80 valence electrons. The van der Waals surface area contributed by atoms with Crippen molar-refractivity contribution in [2.24, 2.45) is 0 Å². The van der Waals surface area contributed by atoms with Crippen LogP contribution in [0.15, 0.2) is 10.9 Å². The lowest BCUT2D eigenvalue weighted by Gasteiger charge is -2.03. The third-order valence-corrected chi connectivity index (χ3v) is 1.96. The number of aromatic nitrogens is 1. The number of H-pyrrole nitrogens is 1. The van der Waals surface area contributed by atoms with Crippen LogP contribution in [0.3, 0.4) is 0 Å². The molecule has 15 heavy (non-hydrogen) atoms. The topological polar surface area (TPSA) is 87.2 Å². The second kappa shape index (κ2) is 4.08. The average Bonchev–Trinajstić information content (AvgIpc) is 1.99. The Morgan fingerprint density at radius 3 is 2.47 bits per heavy atom. The highest BCUT2D eigenvalue weighted by Crippen LogP contribution is 2.06. The Bertz CT molecular complexity index is 473. The summed E-state index contributed by atoms with van der Waals surface area (Å²) in [5, 5.41) is 8.45. The van der Waals surface area contributed by atoms with Gasteiger partial charge in [-0.25, -0.2) is 0 Å².